The van der Waals surface area contributed by atoms with Gasteiger partial charge < -0.3 is 14.5 Å². The molecule has 1 aliphatic rings. The fourth-order valence-electron chi connectivity index (χ4n) is 2.82. The molecule has 2 heterocycles. The zero-order valence-corrected chi connectivity index (χ0v) is 13.3. The molecule has 0 saturated carbocycles. The summed E-state index contributed by atoms with van der Waals surface area (Å²) in [7, 11) is 1.49. The molecule has 1 aliphatic heterocycles. The average molecular weight is 330 g/mol. The van der Waals surface area contributed by atoms with Gasteiger partial charge in [-0.1, -0.05) is 0 Å². The molecule has 126 valence electrons. The number of methoxy groups -OCH3 is 1. The number of rotatable bonds is 3. The van der Waals surface area contributed by atoms with Gasteiger partial charge in [-0.25, -0.2) is 4.79 Å². The molecule has 0 radical (unpaired) electrons. The largest absolute Gasteiger partial charge is 0.497 e. The Morgan fingerprint density at radius 2 is 2.00 bits per heavy atom. The van der Waals surface area contributed by atoms with Crippen molar-refractivity contribution in [1.82, 2.24) is 10.6 Å². The van der Waals surface area contributed by atoms with E-state index in [2.05, 4.69) is 10.6 Å². The molecule has 0 bridgehead atoms. The number of fused-ring (bicyclic) bond motifs is 1. The summed E-state index contributed by atoms with van der Waals surface area (Å²) in [5.74, 6) is -0.589. The summed E-state index contributed by atoms with van der Waals surface area (Å²) in [5.41, 5.74) is -0.303. The summed E-state index contributed by atoms with van der Waals surface area (Å²) in [4.78, 5) is 36.4. The van der Waals surface area contributed by atoms with Crippen molar-refractivity contribution < 1.29 is 18.7 Å². The van der Waals surface area contributed by atoms with Gasteiger partial charge in [-0.3, -0.25) is 14.9 Å². The fourth-order valence-corrected chi connectivity index (χ4v) is 2.82. The second kappa shape index (κ2) is 6.84. The molecule has 2 amide bonds. The van der Waals surface area contributed by atoms with E-state index in [0.717, 1.165) is 19.2 Å². The molecule has 1 saturated heterocycles. The smallest absolute Gasteiger partial charge is 0.337 e. The third-order valence-corrected chi connectivity index (χ3v) is 4.14. The SMILES string of the molecule is COc1ccc2c(C(=O)NC(=O)C3CCNCC3)cc(=O)oc2c1. The molecule has 0 unspecified atom stereocenters. The molecule has 1 aromatic carbocycles. The second-order valence-corrected chi connectivity index (χ2v) is 5.68. The van der Waals surface area contributed by atoms with E-state index in [9.17, 15) is 14.4 Å². The van der Waals surface area contributed by atoms with Gasteiger partial charge in [0.15, 0.2) is 0 Å². The van der Waals surface area contributed by atoms with Crippen molar-refractivity contribution in [1.29, 1.82) is 0 Å². The molecular formula is C17H18N2O5. The van der Waals surface area contributed by atoms with Gasteiger partial charge >= 0.3 is 5.63 Å². The zero-order chi connectivity index (χ0) is 17.1. The maximum atomic E-state index is 12.5. The Morgan fingerprint density at radius 1 is 1.25 bits per heavy atom. The lowest BCUT2D eigenvalue weighted by atomic mass is 9.97. The first-order valence-electron chi connectivity index (χ1n) is 7.76. The molecule has 0 aliphatic carbocycles. The van der Waals surface area contributed by atoms with Crippen LogP contribution >= 0.6 is 0 Å². The summed E-state index contributed by atoms with van der Waals surface area (Å²) < 4.78 is 10.2. The van der Waals surface area contributed by atoms with Crippen LogP contribution in [0.15, 0.2) is 33.5 Å². The molecular weight excluding hydrogens is 312 g/mol. The van der Waals surface area contributed by atoms with Crippen LogP contribution in [0.4, 0.5) is 0 Å². The number of amides is 2. The van der Waals surface area contributed by atoms with Crippen molar-refractivity contribution in [2.24, 2.45) is 5.92 Å². The van der Waals surface area contributed by atoms with Gasteiger partial charge in [0.1, 0.15) is 11.3 Å². The summed E-state index contributed by atoms with van der Waals surface area (Å²) in [6.07, 6.45) is 1.38. The van der Waals surface area contributed by atoms with E-state index < -0.39 is 11.5 Å². The minimum Gasteiger partial charge on any atom is -0.497 e. The van der Waals surface area contributed by atoms with Crippen molar-refractivity contribution >= 4 is 22.8 Å². The van der Waals surface area contributed by atoms with Crippen LogP contribution in [0, 0.1) is 5.92 Å². The van der Waals surface area contributed by atoms with E-state index in [0.29, 0.717) is 24.0 Å². The highest BCUT2D eigenvalue weighted by molar-refractivity contribution is 6.11. The van der Waals surface area contributed by atoms with E-state index in [1.807, 2.05) is 0 Å². The number of carbonyl (C=O) groups is 2. The Kier molecular flexibility index (Phi) is 4.61. The Morgan fingerprint density at radius 3 is 2.71 bits per heavy atom. The van der Waals surface area contributed by atoms with Crippen LogP contribution in [0.2, 0.25) is 0 Å². The Bertz CT molecular complexity index is 836. The molecule has 24 heavy (non-hydrogen) atoms. The number of ether oxygens (including phenoxy) is 1. The van der Waals surface area contributed by atoms with Gasteiger partial charge in [0.2, 0.25) is 5.91 Å². The summed E-state index contributed by atoms with van der Waals surface area (Å²) in [6.45, 7) is 1.51. The average Bonchev–Trinajstić information content (AvgIpc) is 2.61. The monoisotopic (exact) mass is 330 g/mol. The molecule has 7 heteroatoms. The molecule has 7 nitrogen and oxygen atoms in total. The van der Waals surface area contributed by atoms with Crippen molar-refractivity contribution in [3.8, 4) is 5.75 Å². The van der Waals surface area contributed by atoms with E-state index in [-0.39, 0.29) is 23.0 Å². The highest BCUT2D eigenvalue weighted by Gasteiger charge is 2.24. The van der Waals surface area contributed by atoms with E-state index in [1.54, 1.807) is 12.1 Å². The number of hydrogen-bond donors (Lipinski definition) is 2. The maximum Gasteiger partial charge on any atom is 0.337 e. The topological polar surface area (TPSA) is 97.6 Å². The van der Waals surface area contributed by atoms with Crippen LogP contribution in [0.1, 0.15) is 23.2 Å². The molecule has 3 rings (SSSR count). The van der Waals surface area contributed by atoms with Crippen LogP contribution in [-0.4, -0.2) is 32.0 Å². The van der Waals surface area contributed by atoms with Crippen LogP contribution in [0.5, 0.6) is 5.75 Å². The quantitative estimate of drug-likeness (QED) is 0.645. The number of carbonyl (C=O) groups excluding carboxylic acids is 2. The lowest BCUT2D eigenvalue weighted by Crippen LogP contribution is -2.40. The van der Waals surface area contributed by atoms with Gasteiger partial charge in [-0.05, 0) is 38.1 Å². The van der Waals surface area contributed by atoms with E-state index in [1.165, 1.54) is 13.2 Å². The van der Waals surface area contributed by atoms with Gasteiger partial charge in [-0.2, -0.15) is 0 Å². The Balaban J connectivity index is 1.89. The van der Waals surface area contributed by atoms with Gasteiger partial charge in [0.05, 0.1) is 12.7 Å². The van der Waals surface area contributed by atoms with Crippen molar-refractivity contribution in [2.75, 3.05) is 20.2 Å². The minimum absolute atomic E-state index is 0.117. The predicted octanol–water partition coefficient (Wildman–Crippen LogP) is 1.06. The zero-order valence-electron chi connectivity index (χ0n) is 13.3. The second-order valence-electron chi connectivity index (χ2n) is 5.68. The third kappa shape index (κ3) is 3.30. The van der Waals surface area contributed by atoms with E-state index >= 15 is 0 Å². The predicted molar refractivity (Wildman–Crippen MR) is 87.1 cm³/mol. The van der Waals surface area contributed by atoms with Crippen LogP contribution < -0.4 is 21.0 Å². The summed E-state index contributed by atoms with van der Waals surface area (Å²) in [5, 5.41) is 6.01. The first kappa shape index (κ1) is 16.2. The normalized spacial score (nSPS) is 15.2. The molecule has 0 atom stereocenters. The minimum atomic E-state index is -0.657. The third-order valence-electron chi connectivity index (χ3n) is 4.14. The maximum absolute atomic E-state index is 12.5. The van der Waals surface area contributed by atoms with Crippen molar-refractivity contribution in [2.45, 2.75) is 12.8 Å². The van der Waals surface area contributed by atoms with Crippen LogP contribution in [0.25, 0.3) is 11.0 Å². The number of nitrogens with one attached hydrogen (secondary N) is 2. The molecule has 1 fully saturated rings. The molecule has 1 aromatic heterocycles. The highest BCUT2D eigenvalue weighted by Crippen LogP contribution is 2.22. The van der Waals surface area contributed by atoms with Gasteiger partial charge in [-0.15, -0.1) is 0 Å². The first-order valence-corrected chi connectivity index (χ1v) is 7.76. The van der Waals surface area contributed by atoms with Crippen molar-refractivity contribution in [3.63, 3.8) is 0 Å². The number of benzene rings is 1. The Labute approximate surface area is 138 Å². The lowest BCUT2D eigenvalue weighted by molar-refractivity contribution is -0.124. The number of imide groups is 1. The summed E-state index contributed by atoms with van der Waals surface area (Å²) in [6, 6.07) is 5.91. The first-order chi connectivity index (χ1) is 11.6. The molecule has 2 aromatic rings. The van der Waals surface area contributed by atoms with Crippen LogP contribution in [-0.2, 0) is 4.79 Å². The fraction of sp³-hybridized carbons (Fsp3) is 0.353. The number of hydrogen-bond acceptors (Lipinski definition) is 6. The Hall–Kier alpha value is -2.67. The number of piperidine rings is 1. The highest BCUT2D eigenvalue weighted by atomic mass is 16.5. The molecule has 0 spiro atoms. The van der Waals surface area contributed by atoms with Crippen molar-refractivity contribution in [3.05, 3.63) is 40.2 Å². The van der Waals surface area contributed by atoms with E-state index in [4.69, 9.17) is 9.15 Å². The standard InChI is InChI=1S/C17H18N2O5/c1-23-11-2-3-12-13(9-15(20)24-14(12)8-11)17(22)19-16(21)10-4-6-18-7-5-10/h2-3,8-10,18H,4-7H2,1H3,(H,19,21,22). The lowest BCUT2D eigenvalue weighted by Gasteiger charge is -2.21. The molecule has 2 N–H and O–H groups in total. The van der Waals surface area contributed by atoms with Gasteiger partial charge in [0.25, 0.3) is 5.91 Å². The van der Waals surface area contributed by atoms with Gasteiger partial charge in [0, 0.05) is 23.4 Å². The van der Waals surface area contributed by atoms with Crippen LogP contribution in [0.3, 0.4) is 0 Å². The summed E-state index contributed by atoms with van der Waals surface area (Å²) >= 11 is 0.